The lowest BCUT2D eigenvalue weighted by Crippen LogP contribution is -2.65. The quantitative estimate of drug-likeness (QED) is 0.0958. The van der Waals surface area contributed by atoms with Crippen LogP contribution in [-0.4, -0.2) is 263 Å². The largest absolute Gasteiger partial charge is 0.403 e. The fourth-order valence-corrected chi connectivity index (χ4v) is 11.4. The van der Waals surface area contributed by atoms with Crippen molar-refractivity contribution in [3.63, 3.8) is 0 Å². The van der Waals surface area contributed by atoms with E-state index in [0.717, 1.165) is 40.6 Å². The molecule has 25 nitrogen and oxygen atoms in total. The van der Waals surface area contributed by atoms with Crippen LogP contribution in [0.5, 0.6) is 0 Å². The van der Waals surface area contributed by atoms with Gasteiger partial charge in [-0.25, -0.2) is 5.06 Å². The molecule has 0 aliphatic carbocycles. The van der Waals surface area contributed by atoms with E-state index in [9.17, 15) is 48.6 Å². The molecule has 546 valence electrons. The number of allylic oxidation sites excluding steroid dienone is 2. The van der Waals surface area contributed by atoms with Crippen molar-refractivity contribution in [1.29, 1.82) is 0 Å². The molecule has 1 aliphatic heterocycles. The van der Waals surface area contributed by atoms with Gasteiger partial charge in [-0.1, -0.05) is 95.2 Å². The summed E-state index contributed by atoms with van der Waals surface area (Å²) in [6.45, 7) is 20.2. The van der Waals surface area contributed by atoms with E-state index in [1.165, 1.54) is 74.6 Å². The monoisotopic (exact) mass is 1370 g/mol. The average molecular weight is 1370 g/mol. The second kappa shape index (κ2) is 37.8. The third kappa shape index (κ3) is 23.9. The molecule has 0 aromatic heterocycles. The van der Waals surface area contributed by atoms with E-state index in [-0.39, 0.29) is 42.4 Å². The van der Waals surface area contributed by atoms with Crippen LogP contribution < -0.4 is 16.0 Å². The highest BCUT2D eigenvalue weighted by atomic mass is 19.4. The predicted octanol–water partition coefficient (Wildman–Crippen LogP) is 3.99. The molecule has 0 aromatic carbocycles. The van der Waals surface area contributed by atoms with Crippen molar-refractivity contribution in [3.05, 3.63) is 12.2 Å². The lowest BCUT2D eigenvalue weighted by Gasteiger charge is -2.42. The fourth-order valence-electron chi connectivity index (χ4n) is 11.4. The van der Waals surface area contributed by atoms with Crippen molar-refractivity contribution < 1.29 is 94.1 Å². The Hall–Kier alpha value is -6.63. The van der Waals surface area contributed by atoms with Gasteiger partial charge >= 0.3 is 12.4 Å². The molecule has 0 aromatic rings. The third-order valence-electron chi connectivity index (χ3n) is 16.9. The number of hydroxylamine groups is 2. The van der Waals surface area contributed by atoms with Crippen LogP contribution in [0.2, 0.25) is 0 Å². The van der Waals surface area contributed by atoms with E-state index in [0.29, 0.717) is 11.9 Å². The van der Waals surface area contributed by atoms with Gasteiger partial charge in [0.05, 0.1) is 25.9 Å². The second-order valence-corrected chi connectivity index (χ2v) is 27.1. The van der Waals surface area contributed by atoms with Gasteiger partial charge < -0.3 is 60.5 Å². The normalized spacial score (nSPS) is 25.8. The van der Waals surface area contributed by atoms with Crippen molar-refractivity contribution in [2.45, 2.75) is 221 Å². The van der Waals surface area contributed by atoms with Crippen LogP contribution in [0.4, 0.5) is 26.3 Å². The Morgan fingerprint density at radius 1 is 0.516 bits per heavy atom. The van der Waals surface area contributed by atoms with E-state index in [4.69, 9.17) is 4.84 Å². The number of likely N-dealkylation sites (N-methyl/N-ethyl adjacent to an activating group) is 7. The van der Waals surface area contributed by atoms with Crippen LogP contribution in [0.15, 0.2) is 12.2 Å². The summed E-state index contributed by atoms with van der Waals surface area (Å²) in [5.74, 6) is -20.9. The number of aliphatic hydroxyl groups excluding tert-OH is 2. The van der Waals surface area contributed by atoms with Crippen LogP contribution in [0.1, 0.15) is 142 Å². The number of nitrogens with one attached hydrogen (secondary N) is 3. The molecule has 5 N–H and O–H groups in total. The van der Waals surface area contributed by atoms with Crippen molar-refractivity contribution in [2.24, 2.45) is 41.4 Å². The van der Waals surface area contributed by atoms with Gasteiger partial charge in [0.2, 0.25) is 59.1 Å². The fraction of sp³-hybridized carbons (Fsp3) is 0.797. The highest BCUT2D eigenvalue weighted by Crippen LogP contribution is 2.44. The Balaban J connectivity index is 4.67. The van der Waals surface area contributed by atoms with Gasteiger partial charge in [-0.15, -0.1) is 0 Å². The highest BCUT2D eigenvalue weighted by Gasteiger charge is 2.66. The molecule has 1 saturated heterocycles. The molecule has 11 amide bonds. The second-order valence-electron chi connectivity index (χ2n) is 27.1. The van der Waals surface area contributed by atoms with Crippen molar-refractivity contribution in [3.8, 4) is 0 Å². The number of nitrogens with zero attached hydrogens (tertiary/aromatic N) is 8. The number of hydrogen-bond acceptors (Lipinski definition) is 14. The number of rotatable bonds is 18. The summed E-state index contributed by atoms with van der Waals surface area (Å²) in [5.41, 5.74) is 0. The van der Waals surface area contributed by atoms with Crippen molar-refractivity contribution >= 4 is 65.0 Å². The van der Waals surface area contributed by atoms with Crippen LogP contribution >= 0.6 is 0 Å². The van der Waals surface area contributed by atoms with Crippen molar-refractivity contribution in [2.75, 3.05) is 69.1 Å². The SMILES string of the molecule is C/C=C/C[C@@H](C)[C@@H](O)[C@H]1C(=O)N[C@@H](CC)C(=O)N(C)CC(=O)N(C)[C@@H](CC(C)C)C(=O)N(OCCO)[C@@H](C(C(F)(F)F)C(F)(F)F)C(=O)N(C)[C@@H](CC(C)C)C(=O)N[C@@H](C)C(=O)N[C@H](C)C(=O)N(C)[C@@H](CC(C)C)C(=O)N(C)[C@@H](CC(C)C)C(=O)N(C)[C@@H](C(C)C)C(=O)N1C. The van der Waals surface area contributed by atoms with Crippen molar-refractivity contribution in [1.82, 2.24) is 55.3 Å². The predicted molar refractivity (Wildman–Crippen MR) is 341 cm³/mol. The number of carbonyl (C=O) groups excluding carboxylic acids is 11. The number of hydrogen-bond donors (Lipinski definition) is 5. The first kappa shape index (κ1) is 86.4. The minimum Gasteiger partial charge on any atom is -0.394 e. The van der Waals surface area contributed by atoms with Gasteiger partial charge in [0.15, 0.2) is 12.0 Å². The molecule has 0 spiro atoms. The first-order chi connectivity index (χ1) is 43.6. The molecule has 1 aliphatic rings. The Kier molecular flexibility index (Phi) is 34.3. The van der Waals surface area contributed by atoms with Gasteiger partial charge in [-0.2, -0.15) is 26.3 Å². The van der Waals surface area contributed by atoms with Gasteiger partial charge in [0.1, 0.15) is 54.4 Å². The van der Waals surface area contributed by atoms with E-state index < -0.39 is 211 Å². The maximum atomic E-state index is 15.3. The van der Waals surface area contributed by atoms with E-state index in [1.54, 1.807) is 67.5 Å². The minimum atomic E-state index is -6.42. The van der Waals surface area contributed by atoms with E-state index in [1.807, 2.05) is 0 Å². The molecular formula is C64H109F6N11O14. The Morgan fingerprint density at radius 2 is 0.926 bits per heavy atom. The molecule has 1 fully saturated rings. The van der Waals surface area contributed by atoms with E-state index in [2.05, 4.69) is 16.0 Å². The van der Waals surface area contributed by atoms with Gasteiger partial charge in [-0.05, 0) is 94.8 Å². The van der Waals surface area contributed by atoms with Crippen LogP contribution in [0.25, 0.3) is 0 Å². The smallest absolute Gasteiger partial charge is 0.394 e. The van der Waals surface area contributed by atoms with Gasteiger partial charge in [-0.3, -0.25) is 57.6 Å². The summed E-state index contributed by atoms with van der Waals surface area (Å²) in [4.78, 5) is 173. The maximum absolute atomic E-state index is 15.3. The average Bonchev–Trinajstić information content (AvgIpc) is 0.770. The number of carbonyl (C=O) groups is 11. The number of halogens is 6. The van der Waals surface area contributed by atoms with Crippen LogP contribution in [-0.2, 0) is 57.6 Å². The number of amides is 11. The molecule has 1 rings (SSSR count). The zero-order valence-corrected chi connectivity index (χ0v) is 59.5. The standard InChI is InChI=1S/C64H109F6N11O14/c1-23-25-26-39(13)51(84)49-55(87)73-42(24-2)57(89)74(16)33-47(83)75(17)46(32-37(9)10)60(92)81(95-28-27-82)50(52(63(65,66)67)64(68,69)70)62(94)76(18)43(29-34(3)4)54(86)71-40(14)53(85)72-41(15)56(88)77(19)44(30-35(5)6)58(90)78(20)45(31-36(7)8)59(91)79(21)48(38(11)12)61(93)80(49)22/h23,25,34-46,48-52,82,84H,24,26-33H2,1-22H3,(H,71,86)(H,72,85)(H,73,87)/b25-23+/t39-,40+,41-,42+,43+,44+,45+,46+,48+,49+,50+,51-/m1/s1. The third-order valence-corrected chi connectivity index (χ3v) is 16.9. The molecule has 95 heavy (non-hydrogen) atoms. The highest BCUT2D eigenvalue weighted by molar-refractivity contribution is 5.99. The van der Waals surface area contributed by atoms with Gasteiger partial charge in [0, 0.05) is 49.3 Å². The summed E-state index contributed by atoms with van der Waals surface area (Å²) in [6.07, 6.45) is -12.1. The lowest BCUT2D eigenvalue weighted by molar-refractivity contribution is -0.316. The summed E-state index contributed by atoms with van der Waals surface area (Å²) in [6, 6.07) is -18.3. The summed E-state index contributed by atoms with van der Waals surface area (Å²) >= 11 is 0. The topological polar surface area (TPSA) is 299 Å². The van der Waals surface area contributed by atoms with Gasteiger partial charge in [0.25, 0.3) is 5.91 Å². The Morgan fingerprint density at radius 3 is 1.36 bits per heavy atom. The first-order valence-corrected chi connectivity index (χ1v) is 32.3. The molecule has 0 bridgehead atoms. The number of alkyl halides is 6. The minimum absolute atomic E-state index is 0.0120. The van der Waals surface area contributed by atoms with Crippen LogP contribution in [0.3, 0.4) is 0 Å². The number of aliphatic hydroxyl groups is 2. The molecule has 0 radical (unpaired) electrons. The zero-order valence-electron chi connectivity index (χ0n) is 59.5. The maximum Gasteiger partial charge on any atom is 0.403 e. The Labute approximate surface area is 556 Å². The molecule has 31 heteroatoms. The zero-order chi connectivity index (χ0) is 74.0. The van der Waals surface area contributed by atoms with Crippen LogP contribution in [0, 0.1) is 41.4 Å². The first-order valence-electron chi connectivity index (χ1n) is 32.3. The summed E-state index contributed by atoms with van der Waals surface area (Å²) in [7, 11) is 7.97. The Bertz CT molecular complexity index is 2630. The summed E-state index contributed by atoms with van der Waals surface area (Å²) < 4.78 is 91.6. The molecular weight excluding hydrogens is 1260 g/mol. The van der Waals surface area contributed by atoms with E-state index >= 15 is 40.7 Å². The molecule has 1 heterocycles. The summed E-state index contributed by atoms with van der Waals surface area (Å²) in [5, 5.41) is 28.8. The molecule has 12 atom stereocenters. The molecule has 0 unspecified atom stereocenters. The lowest BCUT2D eigenvalue weighted by atomic mass is 9.91. The molecule has 0 saturated carbocycles.